The molecule has 2 N–H and O–H groups in total. The van der Waals surface area contributed by atoms with Crippen molar-refractivity contribution in [2.75, 3.05) is 24.2 Å². The molecule has 8 nitrogen and oxygen atoms in total. The van der Waals surface area contributed by atoms with E-state index in [-0.39, 0.29) is 21.9 Å². The van der Waals surface area contributed by atoms with Crippen molar-refractivity contribution in [3.8, 4) is 0 Å². The molecule has 0 heterocycles. The topological polar surface area (TPSA) is 113 Å². The van der Waals surface area contributed by atoms with Gasteiger partial charge < -0.3 is 10.6 Å². The first-order chi connectivity index (χ1) is 16.1. The van der Waals surface area contributed by atoms with Crippen LogP contribution in [-0.2, 0) is 14.8 Å². The monoisotopic (exact) mass is 499 g/mol. The van der Waals surface area contributed by atoms with Gasteiger partial charge in [0.15, 0.2) is 5.78 Å². The van der Waals surface area contributed by atoms with Crippen LogP contribution in [0.15, 0.2) is 77.7 Å². The van der Waals surface area contributed by atoms with Gasteiger partial charge in [0.25, 0.3) is 5.91 Å². The lowest BCUT2D eigenvalue weighted by atomic mass is 10.1. The molecule has 34 heavy (non-hydrogen) atoms. The van der Waals surface area contributed by atoms with Crippen LogP contribution in [0.3, 0.4) is 0 Å². The predicted molar refractivity (Wildman–Crippen MR) is 131 cm³/mol. The Bertz CT molecular complexity index is 1320. The molecule has 0 bridgehead atoms. The Morgan fingerprint density at radius 1 is 0.882 bits per heavy atom. The highest BCUT2D eigenvalue weighted by Gasteiger charge is 2.24. The molecular weight excluding hydrogens is 478 g/mol. The summed E-state index contributed by atoms with van der Waals surface area (Å²) in [6, 6.07) is 18.4. The van der Waals surface area contributed by atoms with Crippen LogP contribution in [0.4, 0.5) is 11.4 Å². The van der Waals surface area contributed by atoms with E-state index in [9.17, 15) is 22.8 Å². The molecule has 0 fully saturated rings. The molecule has 0 saturated carbocycles. The Morgan fingerprint density at radius 3 is 2.12 bits per heavy atom. The number of para-hydroxylation sites is 1. The van der Waals surface area contributed by atoms with Crippen molar-refractivity contribution in [3.05, 3.63) is 88.9 Å². The summed E-state index contributed by atoms with van der Waals surface area (Å²) in [4.78, 5) is 36.7. The maximum absolute atomic E-state index is 12.8. The number of rotatable bonds is 8. The molecule has 0 unspecified atom stereocenters. The van der Waals surface area contributed by atoms with Crippen LogP contribution in [-0.4, -0.2) is 43.9 Å². The third-order valence-corrected chi connectivity index (χ3v) is 6.95. The molecule has 0 atom stereocenters. The largest absolute Gasteiger partial charge is 0.324 e. The maximum Gasteiger partial charge on any atom is 0.257 e. The average molecular weight is 500 g/mol. The number of anilines is 2. The third-order valence-electron chi connectivity index (χ3n) is 4.88. The standard InChI is InChI=1S/C24H22ClN3O5S/c1-16(29)17-7-13-20(14-8-17)34(32,33)28(2)15-23(30)27-22-6-4-3-5-21(22)24(31)26-19-11-9-18(25)10-12-19/h3-14H,15H2,1-2H3,(H,26,31)(H,27,30). The summed E-state index contributed by atoms with van der Waals surface area (Å²) >= 11 is 5.86. The number of hydrogen-bond donors (Lipinski definition) is 2. The van der Waals surface area contributed by atoms with E-state index in [2.05, 4.69) is 10.6 Å². The lowest BCUT2D eigenvalue weighted by Crippen LogP contribution is -2.35. The summed E-state index contributed by atoms with van der Waals surface area (Å²) in [6.45, 7) is 0.900. The number of nitrogens with one attached hydrogen (secondary N) is 2. The minimum Gasteiger partial charge on any atom is -0.324 e. The van der Waals surface area contributed by atoms with Crippen molar-refractivity contribution in [2.45, 2.75) is 11.8 Å². The molecule has 2 amide bonds. The number of ketones is 1. The van der Waals surface area contributed by atoms with E-state index in [0.29, 0.717) is 16.3 Å². The van der Waals surface area contributed by atoms with Gasteiger partial charge in [-0.05, 0) is 55.5 Å². The van der Waals surface area contributed by atoms with Crippen LogP contribution in [0.2, 0.25) is 5.02 Å². The molecule has 0 radical (unpaired) electrons. The second-order valence-corrected chi connectivity index (χ2v) is 9.88. The first-order valence-electron chi connectivity index (χ1n) is 10.1. The van der Waals surface area contributed by atoms with E-state index in [1.165, 1.54) is 44.3 Å². The first kappa shape index (κ1) is 25.1. The molecule has 0 aliphatic rings. The SMILES string of the molecule is CC(=O)c1ccc(S(=O)(=O)N(C)CC(=O)Nc2ccccc2C(=O)Nc2ccc(Cl)cc2)cc1. The second kappa shape index (κ2) is 10.6. The predicted octanol–water partition coefficient (Wildman–Crippen LogP) is 4.05. The summed E-state index contributed by atoms with van der Waals surface area (Å²) in [5, 5.41) is 5.84. The van der Waals surface area contributed by atoms with E-state index in [1.54, 1.807) is 42.5 Å². The molecule has 10 heteroatoms. The van der Waals surface area contributed by atoms with Gasteiger partial charge in [-0.25, -0.2) is 8.42 Å². The lowest BCUT2D eigenvalue weighted by Gasteiger charge is -2.18. The fourth-order valence-electron chi connectivity index (χ4n) is 3.04. The zero-order chi connectivity index (χ0) is 24.9. The zero-order valence-electron chi connectivity index (χ0n) is 18.4. The van der Waals surface area contributed by atoms with E-state index in [0.717, 1.165) is 4.31 Å². The minimum atomic E-state index is -3.97. The van der Waals surface area contributed by atoms with Crippen molar-refractivity contribution in [1.82, 2.24) is 4.31 Å². The minimum absolute atomic E-state index is 0.0458. The molecule has 176 valence electrons. The van der Waals surface area contributed by atoms with Crippen molar-refractivity contribution in [3.63, 3.8) is 0 Å². The van der Waals surface area contributed by atoms with Gasteiger partial charge in [-0.1, -0.05) is 35.9 Å². The first-order valence-corrected chi connectivity index (χ1v) is 11.9. The highest BCUT2D eigenvalue weighted by atomic mass is 35.5. The number of nitrogens with zero attached hydrogens (tertiary/aromatic N) is 1. The Hall–Kier alpha value is -3.53. The quantitative estimate of drug-likeness (QED) is 0.454. The summed E-state index contributed by atoms with van der Waals surface area (Å²) in [6.07, 6.45) is 0. The van der Waals surface area contributed by atoms with Gasteiger partial charge in [-0.15, -0.1) is 0 Å². The number of carbonyl (C=O) groups is 3. The number of likely N-dealkylation sites (N-methyl/N-ethyl adjacent to an activating group) is 1. The van der Waals surface area contributed by atoms with Gasteiger partial charge in [0.1, 0.15) is 0 Å². The maximum atomic E-state index is 12.8. The number of carbonyl (C=O) groups excluding carboxylic acids is 3. The van der Waals surface area contributed by atoms with Crippen LogP contribution < -0.4 is 10.6 Å². The van der Waals surface area contributed by atoms with Gasteiger partial charge in [0.2, 0.25) is 15.9 Å². The average Bonchev–Trinajstić information content (AvgIpc) is 2.80. The highest BCUT2D eigenvalue weighted by Crippen LogP contribution is 2.20. The molecule has 3 aromatic carbocycles. The molecular formula is C24H22ClN3O5S. The van der Waals surface area contributed by atoms with Crippen LogP contribution in [0.25, 0.3) is 0 Å². The molecule has 3 aromatic rings. The van der Waals surface area contributed by atoms with Crippen molar-refractivity contribution < 1.29 is 22.8 Å². The van der Waals surface area contributed by atoms with E-state index < -0.39 is 28.4 Å². The van der Waals surface area contributed by atoms with Crippen LogP contribution in [0.5, 0.6) is 0 Å². The summed E-state index contributed by atoms with van der Waals surface area (Å²) in [5.41, 5.74) is 1.34. The fraction of sp³-hybridized carbons (Fsp3) is 0.125. The van der Waals surface area contributed by atoms with Gasteiger partial charge >= 0.3 is 0 Å². The van der Waals surface area contributed by atoms with Crippen LogP contribution in [0.1, 0.15) is 27.6 Å². The van der Waals surface area contributed by atoms with Crippen LogP contribution >= 0.6 is 11.6 Å². The zero-order valence-corrected chi connectivity index (χ0v) is 20.0. The number of amides is 2. The number of halogens is 1. The fourth-order valence-corrected chi connectivity index (χ4v) is 4.29. The summed E-state index contributed by atoms with van der Waals surface area (Å²) in [7, 11) is -2.70. The Morgan fingerprint density at radius 2 is 1.50 bits per heavy atom. The highest BCUT2D eigenvalue weighted by molar-refractivity contribution is 7.89. The summed E-state index contributed by atoms with van der Waals surface area (Å²) in [5.74, 6) is -1.27. The second-order valence-electron chi connectivity index (χ2n) is 7.40. The van der Waals surface area contributed by atoms with E-state index in [4.69, 9.17) is 11.6 Å². The number of Topliss-reactive ketones (excluding diaryl/α,β-unsaturated/α-hetero) is 1. The Kier molecular flexibility index (Phi) is 7.83. The molecule has 0 aromatic heterocycles. The van der Waals surface area contributed by atoms with E-state index >= 15 is 0 Å². The molecule has 0 spiro atoms. The molecule has 3 rings (SSSR count). The summed E-state index contributed by atoms with van der Waals surface area (Å²) < 4.78 is 26.5. The van der Waals surface area contributed by atoms with Crippen molar-refractivity contribution in [2.24, 2.45) is 0 Å². The van der Waals surface area contributed by atoms with E-state index in [1.807, 2.05) is 0 Å². The van der Waals surface area contributed by atoms with Gasteiger partial charge in [-0.2, -0.15) is 4.31 Å². The number of hydrogen-bond acceptors (Lipinski definition) is 5. The smallest absolute Gasteiger partial charge is 0.257 e. The van der Waals surface area contributed by atoms with Gasteiger partial charge in [0.05, 0.1) is 22.7 Å². The van der Waals surface area contributed by atoms with Gasteiger partial charge in [-0.3, -0.25) is 14.4 Å². The van der Waals surface area contributed by atoms with Crippen LogP contribution in [0, 0.1) is 0 Å². The van der Waals surface area contributed by atoms with Crippen molar-refractivity contribution in [1.29, 1.82) is 0 Å². The van der Waals surface area contributed by atoms with Gasteiger partial charge in [0, 0.05) is 23.3 Å². The Balaban J connectivity index is 1.70. The normalized spacial score (nSPS) is 11.2. The number of sulfonamides is 1. The molecule has 0 aliphatic heterocycles. The Labute approximate surface area is 202 Å². The molecule has 0 saturated heterocycles. The number of benzene rings is 3. The van der Waals surface area contributed by atoms with Crippen molar-refractivity contribution >= 4 is 50.6 Å². The third kappa shape index (κ3) is 6.07. The lowest BCUT2D eigenvalue weighted by molar-refractivity contribution is -0.116. The molecule has 0 aliphatic carbocycles.